The van der Waals surface area contributed by atoms with Gasteiger partial charge in [-0.25, -0.2) is 0 Å². The van der Waals surface area contributed by atoms with Gasteiger partial charge in [0.05, 0.1) is 11.6 Å². The molecule has 0 saturated heterocycles. The number of nitriles is 1. The number of hydrogen-bond acceptors (Lipinski definition) is 3. The number of hydrogen-bond donors (Lipinski definition) is 2. The average molecular weight is 244 g/mol. The quantitative estimate of drug-likeness (QED) is 0.852. The van der Waals surface area contributed by atoms with Crippen LogP contribution in [0.5, 0.6) is 0 Å². The molecule has 0 heterocycles. The van der Waals surface area contributed by atoms with Crippen molar-refractivity contribution >= 4 is 0 Å². The van der Waals surface area contributed by atoms with Gasteiger partial charge in [0.15, 0.2) is 0 Å². The maximum absolute atomic E-state index is 9.79. The Bertz CT molecular complexity index is 444. The van der Waals surface area contributed by atoms with E-state index in [1.54, 1.807) is 6.07 Å². The highest BCUT2D eigenvalue weighted by Crippen LogP contribution is 2.48. The predicted molar refractivity (Wildman–Crippen MR) is 70.9 cm³/mol. The third kappa shape index (κ3) is 2.27. The Balaban J connectivity index is 2.35. The zero-order chi connectivity index (χ0) is 13.0. The molecule has 1 aliphatic carbocycles. The maximum atomic E-state index is 9.79. The molecule has 1 aliphatic rings. The van der Waals surface area contributed by atoms with Crippen LogP contribution < -0.4 is 5.73 Å². The van der Waals surface area contributed by atoms with E-state index in [-0.39, 0.29) is 17.9 Å². The van der Waals surface area contributed by atoms with Gasteiger partial charge in [-0.3, -0.25) is 0 Å². The number of nitrogens with zero attached hydrogens (tertiary/aromatic N) is 1. The third-order valence-corrected chi connectivity index (χ3v) is 4.31. The lowest BCUT2D eigenvalue weighted by atomic mass is 9.71. The van der Waals surface area contributed by atoms with Crippen LogP contribution in [0.25, 0.3) is 0 Å². The Labute approximate surface area is 108 Å². The summed E-state index contributed by atoms with van der Waals surface area (Å²) in [6.07, 6.45) is 4.38. The van der Waals surface area contributed by atoms with Crippen LogP contribution in [0.2, 0.25) is 0 Å². The third-order valence-electron chi connectivity index (χ3n) is 4.31. The second kappa shape index (κ2) is 5.51. The highest BCUT2D eigenvalue weighted by molar-refractivity contribution is 5.35. The summed E-state index contributed by atoms with van der Waals surface area (Å²) < 4.78 is 0. The normalized spacial score (nSPS) is 19.4. The van der Waals surface area contributed by atoms with Gasteiger partial charge in [-0.2, -0.15) is 5.26 Å². The van der Waals surface area contributed by atoms with Crippen LogP contribution in [-0.2, 0) is 0 Å². The summed E-state index contributed by atoms with van der Waals surface area (Å²) in [4.78, 5) is 0. The van der Waals surface area contributed by atoms with Gasteiger partial charge in [0.1, 0.15) is 0 Å². The molecule has 0 aromatic heterocycles. The van der Waals surface area contributed by atoms with Crippen LogP contribution in [0.1, 0.15) is 42.7 Å². The SMILES string of the molecule is N#Cc1cccc([C@@H](CN)C2(CO)CCCC2)c1. The van der Waals surface area contributed by atoms with E-state index in [9.17, 15) is 5.11 Å². The first kappa shape index (κ1) is 13.1. The summed E-state index contributed by atoms with van der Waals surface area (Å²) in [7, 11) is 0. The van der Waals surface area contributed by atoms with E-state index in [2.05, 4.69) is 6.07 Å². The summed E-state index contributed by atoms with van der Waals surface area (Å²) in [5.41, 5.74) is 7.62. The van der Waals surface area contributed by atoms with E-state index >= 15 is 0 Å². The molecule has 0 radical (unpaired) electrons. The minimum atomic E-state index is -0.0805. The first-order valence-electron chi connectivity index (χ1n) is 6.57. The predicted octanol–water partition coefficient (Wildman–Crippen LogP) is 2.15. The molecule has 18 heavy (non-hydrogen) atoms. The second-order valence-corrected chi connectivity index (χ2v) is 5.25. The summed E-state index contributed by atoms with van der Waals surface area (Å²) in [5.74, 6) is 0.151. The molecule has 2 rings (SSSR count). The molecule has 0 unspecified atom stereocenters. The maximum Gasteiger partial charge on any atom is 0.0991 e. The van der Waals surface area contributed by atoms with Crippen molar-refractivity contribution in [3.05, 3.63) is 35.4 Å². The molecule has 0 aliphatic heterocycles. The van der Waals surface area contributed by atoms with E-state index in [0.717, 1.165) is 31.2 Å². The van der Waals surface area contributed by atoms with Crippen molar-refractivity contribution in [1.82, 2.24) is 0 Å². The van der Waals surface area contributed by atoms with Gasteiger partial charge < -0.3 is 10.8 Å². The molecule has 96 valence electrons. The smallest absolute Gasteiger partial charge is 0.0991 e. The van der Waals surface area contributed by atoms with Crippen molar-refractivity contribution in [2.24, 2.45) is 11.1 Å². The van der Waals surface area contributed by atoms with Crippen LogP contribution in [0.3, 0.4) is 0 Å². The van der Waals surface area contributed by atoms with Gasteiger partial charge in [-0.15, -0.1) is 0 Å². The van der Waals surface area contributed by atoms with Gasteiger partial charge in [-0.1, -0.05) is 25.0 Å². The fourth-order valence-corrected chi connectivity index (χ4v) is 3.26. The lowest BCUT2D eigenvalue weighted by Gasteiger charge is -2.35. The summed E-state index contributed by atoms with van der Waals surface area (Å²) in [6.45, 7) is 0.709. The van der Waals surface area contributed by atoms with E-state index in [1.807, 2.05) is 18.2 Å². The Morgan fingerprint density at radius 2 is 2.11 bits per heavy atom. The Morgan fingerprint density at radius 3 is 2.67 bits per heavy atom. The van der Waals surface area contributed by atoms with Crippen LogP contribution in [0.15, 0.2) is 24.3 Å². The minimum absolute atomic E-state index is 0.0805. The van der Waals surface area contributed by atoms with E-state index in [0.29, 0.717) is 12.1 Å². The van der Waals surface area contributed by atoms with Crippen molar-refractivity contribution in [3.63, 3.8) is 0 Å². The average Bonchev–Trinajstić information content (AvgIpc) is 2.90. The van der Waals surface area contributed by atoms with E-state index in [4.69, 9.17) is 11.0 Å². The molecule has 1 atom stereocenters. The molecule has 3 heteroatoms. The molecule has 3 nitrogen and oxygen atoms in total. The molecule has 1 fully saturated rings. The van der Waals surface area contributed by atoms with Crippen molar-refractivity contribution < 1.29 is 5.11 Å². The summed E-state index contributed by atoms with van der Waals surface area (Å²) >= 11 is 0. The zero-order valence-corrected chi connectivity index (χ0v) is 10.6. The molecule has 0 spiro atoms. The van der Waals surface area contributed by atoms with Gasteiger partial charge in [0, 0.05) is 17.9 Å². The van der Waals surface area contributed by atoms with E-state index in [1.165, 1.54) is 0 Å². The van der Waals surface area contributed by atoms with Gasteiger partial charge >= 0.3 is 0 Å². The number of aliphatic hydroxyl groups excluding tert-OH is 1. The van der Waals surface area contributed by atoms with Crippen LogP contribution in [0.4, 0.5) is 0 Å². The largest absolute Gasteiger partial charge is 0.396 e. The summed E-state index contributed by atoms with van der Waals surface area (Å²) in [6, 6.07) is 9.80. The van der Waals surface area contributed by atoms with Crippen molar-refractivity contribution in [3.8, 4) is 6.07 Å². The molecule has 1 aromatic rings. The Kier molecular flexibility index (Phi) is 4.00. The first-order valence-corrected chi connectivity index (χ1v) is 6.57. The topological polar surface area (TPSA) is 70.0 Å². The number of rotatable bonds is 4. The monoisotopic (exact) mass is 244 g/mol. The molecule has 0 bridgehead atoms. The van der Waals surface area contributed by atoms with Gasteiger partial charge in [0.25, 0.3) is 0 Å². The van der Waals surface area contributed by atoms with Crippen molar-refractivity contribution in [2.75, 3.05) is 13.2 Å². The number of nitrogens with two attached hydrogens (primary N) is 1. The van der Waals surface area contributed by atoms with Crippen molar-refractivity contribution in [1.29, 1.82) is 5.26 Å². The second-order valence-electron chi connectivity index (χ2n) is 5.25. The zero-order valence-electron chi connectivity index (χ0n) is 10.6. The lowest BCUT2D eigenvalue weighted by Crippen LogP contribution is -2.34. The molecule has 1 aromatic carbocycles. The molecule has 0 amide bonds. The molecular weight excluding hydrogens is 224 g/mol. The van der Waals surface area contributed by atoms with Crippen LogP contribution >= 0.6 is 0 Å². The molecular formula is C15H20N2O. The fourth-order valence-electron chi connectivity index (χ4n) is 3.26. The van der Waals surface area contributed by atoms with E-state index < -0.39 is 0 Å². The number of benzene rings is 1. The summed E-state index contributed by atoms with van der Waals surface area (Å²) in [5, 5.41) is 18.8. The van der Waals surface area contributed by atoms with Gasteiger partial charge in [0.2, 0.25) is 0 Å². The molecule has 3 N–H and O–H groups in total. The van der Waals surface area contributed by atoms with Crippen LogP contribution in [-0.4, -0.2) is 18.3 Å². The van der Waals surface area contributed by atoms with Gasteiger partial charge in [-0.05, 0) is 37.1 Å². The Hall–Kier alpha value is -1.37. The number of aliphatic hydroxyl groups is 1. The fraction of sp³-hybridized carbons (Fsp3) is 0.533. The van der Waals surface area contributed by atoms with Crippen molar-refractivity contribution in [2.45, 2.75) is 31.6 Å². The first-order chi connectivity index (χ1) is 8.75. The highest BCUT2D eigenvalue weighted by Gasteiger charge is 2.40. The lowest BCUT2D eigenvalue weighted by molar-refractivity contribution is 0.103. The standard InChI is InChI=1S/C15H20N2O/c16-9-12-4-3-5-13(8-12)14(10-17)15(11-18)6-1-2-7-15/h3-5,8,14,18H,1-2,6-7,10-11,17H2/t14-/m1/s1. The Morgan fingerprint density at radius 1 is 1.39 bits per heavy atom. The van der Waals surface area contributed by atoms with Crippen LogP contribution in [0, 0.1) is 16.7 Å². The molecule has 1 saturated carbocycles. The highest BCUT2D eigenvalue weighted by atomic mass is 16.3. The minimum Gasteiger partial charge on any atom is -0.396 e.